The van der Waals surface area contributed by atoms with Gasteiger partial charge in [0, 0.05) is 16.9 Å². The molecular weight excluding hydrogens is 346 g/mol. The Bertz CT molecular complexity index is 849. The summed E-state index contributed by atoms with van der Waals surface area (Å²) in [5, 5.41) is 8.43. The van der Waals surface area contributed by atoms with E-state index in [1.807, 2.05) is 13.0 Å². The monoisotopic (exact) mass is 369 g/mol. The quantitative estimate of drug-likeness (QED) is 0.645. The zero-order valence-corrected chi connectivity index (χ0v) is 15.6. The van der Waals surface area contributed by atoms with Crippen molar-refractivity contribution in [3.8, 4) is 0 Å². The SMILES string of the molecule is CCOC(=O)Nc1cccc(NCC(=O)Nc2ccccc2C(C)=O)c1C. The van der Waals surface area contributed by atoms with Crippen LogP contribution in [0.25, 0.3) is 0 Å². The molecule has 2 aromatic rings. The van der Waals surface area contributed by atoms with Crippen LogP contribution in [-0.4, -0.2) is 30.9 Å². The third kappa shape index (κ3) is 5.57. The smallest absolute Gasteiger partial charge is 0.411 e. The number of ketones is 1. The molecule has 0 aliphatic rings. The number of Topliss-reactive ketones (excluding diaryl/α,β-unsaturated/α-hetero) is 1. The summed E-state index contributed by atoms with van der Waals surface area (Å²) in [6, 6.07) is 12.2. The van der Waals surface area contributed by atoms with Crippen LogP contribution in [0, 0.1) is 6.92 Å². The summed E-state index contributed by atoms with van der Waals surface area (Å²) in [5.41, 5.74) is 3.02. The average molecular weight is 369 g/mol. The van der Waals surface area contributed by atoms with Gasteiger partial charge >= 0.3 is 6.09 Å². The second-order valence-electron chi connectivity index (χ2n) is 5.83. The van der Waals surface area contributed by atoms with E-state index < -0.39 is 6.09 Å². The second-order valence-corrected chi connectivity index (χ2v) is 5.83. The van der Waals surface area contributed by atoms with Crippen molar-refractivity contribution in [1.82, 2.24) is 0 Å². The lowest BCUT2D eigenvalue weighted by atomic mass is 10.1. The first kappa shape index (κ1) is 20.0. The average Bonchev–Trinajstić information content (AvgIpc) is 2.63. The van der Waals surface area contributed by atoms with Crippen molar-refractivity contribution in [2.24, 2.45) is 0 Å². The largest absolute Gasteiger partial charge is 0.450 e. The highest BCUT2D eigenvalue weighted by Crippen LogP contribution is 2.23. The highest BCUT2D eigenvalue weighted by molar-refractivity contribution is 6.04. The number of benzene rings is 2. The Morgan fingerprint density at radius 3 is 2.30 bits per heavy atom. The predicted octanol–water partition coefficient (Wildman–Crippen LogP) is 3.82. The van der Waals surface area contributed by atoms with E-state index in [4.69, 9.17) is 4.74 Å². The van der Waals surface area contributed by atoms with Gasteiger partial charge in [0.2, 0.25) is 5.91 Å². The van der Waals surface area contributed by atoms with Gasteiger partial charge in [-0.05, 0) is 50.6 Å². The minimum Gasteiger partial charge on any atom is -0.450 e. The molecule has 0 atom stereocenters. The molecule has 3 N–H and O–H groups in total. The number of para-hydroxylation sites is 1. The molecule has 7 heteroatoms. The molecular formula is C20H23N3O4. The minimum atomic E-state index is -0.531. The Kier molecular flexibility index (Phi) is 6.93. The minimum absolute atomic E-state index is 0.00986. The van der Waals surface area contributed by atoms with E-state index in [1.54, 1.807) is 43.3 Å². The fraction of sp³-hybridized carbons (Fsp3) is 0.250. The number of ether oxygens (including phenoxy) is 1. The maximum absolute atomic E-state index is 12.2. The van der Waals surface area contributed by atoms with Crippen molar-refractivity contribution in [2.45, 2.75) is 20.8 Å². The summed E-state index contributed by atoms with van der Waals surface area (Å²) in [4.78, 5) is 35.5. The van der Waals surface area contributed by atoms with E-state index in [1.165, 1.54) is 6.92 Å². The highest BCUT2D eigenvalue weighted by Gasteiger charge is 2.11. The van der Waals surface area contributed by atoms with Crippen LogP contribution in [0.5, 0.6) is 0 Å². The van der Waals surface area contributed by atoms with Gasteiger partial charge in [0.15, 0.2) is 5.78 Å². The molecule has 0 radical (unpaired) electrons. The lowest BCUT2D eigenvalue weighted by molar-refractivity contribution is -0.114. The third-order valence-corrected chi connectivity index (χ3v) is 3.87. The lowest BCUT2D eigenvalue weighted by Crippen LogP contribution is -2.23. The molecule has 0 saturated heterocycles. The zero-order chi connectivity index (χ0) is 19.8. The molecule has 2 aromatic carbocycles. The molecule has 27 heavy (non-hydrogen) atoms. The first-order chi connectivity index (χ1) is 12.9. The van der Waals surface area contributed by atoms with Crippen LogP contribution in [0.4, 0.5) is 21.9 Å². The molecule has 0 fully saturated rings. The van der Waals surface area contributed by atoms with Gasteiger partial charge in [0.05, 0.1) is 18.8 Å². The summed E-state index contributed by atoms with van der Waals surface area (Å²) in [6.45, 7) is 5.30. The Hall–Kier alpha value is -3.35. The van der Waals surface area contributed by atoms with Crippen LogP contribution in [0.3, 0.4) is 0 Å². The maximum atomic E-state index is 12.2. The number of carbonyl (C=O) groups is 3. The van der Waals surface area contributed by atoms with Crippen LogP contribution >= 0.6 is 0 Å². The molecule has 7 nitrogen and oxygen atoms in total. The van der Waals surface area contributed by atoms with E-state index in [0.717, 1.165) is 5.56 Å². The Labute approximate surface area is 158 Å². The van der Waals surface area contributed by atoms with Gasteiger partial charge in [0.1, 0.15) is 0 Å². The van der Waals surface area contributed by atoms with Crippen LogP contribution in [0.1, 0.15) is 29.8 Å². The maximum Gasteiger partial charge on any atom is 0.411 e. The van der Waals surface area contributed by atoms with E-state index >= 15 is 0 Å². The van der Waals surface area contributed by atoms with E-state index in [0.29, 0.717) is 22.6 Å². The first-order valence-corrected chi connectivity index (χ1v) is 8.59. The number of hydrogen-bond acceptors (Lipinski definition) is 5. The molecule has 2 rings (SSSR count). The van der Waals surface area contributed by atoms with E-state index in [2.05, 4.69) is 16.0 Å². The van der Waals surface area contributed by atoms with Gasteiger partial charge in [-0.3, -0.25) is 14.9 Å². The number of anilines is 3. The van der Waals surface area contributed by atoms with Crippen molar-refractivity contribution < 1.29 is 19.1 Å². The first-order valence-electron chi connectivity index (χ1n) is 8.59. The van der Waals surface area contributed by atoms with Crippen LogP contribution in [0.2, 0.25) is 0 Å². The Morgan fingerprint density at radius 1 is 0.926 bits per heavy atom. The molecule has 142 valence electrons. The fourth-order valence-electron chi connectivity index (χ4n) is 2.51. The number of rotatable bonds is 7. The van der Waals surface area contributed by atoms with Gasteiger partial charge in [-0.1, -0.05) is 18.2 Å². The van der Waals surface area contributed by atoms with Gasteiger partial charge in [-0.2, -0.15) is 0 Å². The third-order valence-electron chi connectivity index (χ3n) is 3.87. The summed E-state index contributed by atoms with van der Waals surface area (Å²) < 4.78 is 4.87. The second kappa shape index (κ2) is 9.38. The molecule has 0 spiro atoms. The number of carbonyl (C=O) groups excluding carboxylic acids is 3. The van der Waals surface area contributed by atoms with E-state index in [9.17, 15) is 14.4 Å². The summed E-state index contributed by atoms with van der Waals surface area (Å²) in [6.07, 6.45) is -0.531. The van der Waals surface area contributed by atoms with Crippen molar-refractivity contribution in [3.05, 3.63) is 53.6 Å². The molecule has 0 aliphatic carbocycles. The molecule has 0 heterocycles. The lowest BCUT2D eigenvalue weighted by Gasteiger charge is -2.14. The molecule has 0 aliphatic heterocycles. The normalized spacial score (nSPS) is 10.0. The van der Waals surface area contributed by atoms with Gasteiger partial charge in [0.25, 0.3) is 0 Å². The van der Waals surface area contributed by atoms with Crippen molar-refractivity contribution in [3.63, 3.8) is 0 Å². The van der Waals surface area contributed by atoms with Crippen molar-refractivity contribution >= 4 is 34.8 Å². The Balaban J connectivity index is 2.01. The Morgan fingerprint density at radius 2 is 1.59 bits per heavy atom. The standard InChI is InChI=1S/C20H23N3O4/c1-4-27-20(26)23-17-11-7-10-16(13(17)2)21-12-19(25)22-18-9-6-5-8-15(18)14(3)24/h5-11,21H,4,12H2,1-3H3,(H,22,25)(H,23,26). The van der Waals surface area contributed by atoms with E-state index in [-0.39, 0.29) is 24.8 Å². The predicted molar refractivity (Wildman–Crippen MR) is 105 cm³/mol. The van der Waals surface area contributed by atoms with Crippen LogP contribution < -0.4 is 16.0 Å². The summed E-state index contributed by atoms with van der Waals surface area (Å²) >= 11 is 0. The van der Waals surface area contributed by atoms with Crippen LogP contribution in [-0.2, 0) is 9.53 Å². The topological polar surface area (TPSA) is 96.5 Å². The number of nitrogens with one attached hydrogen (secondary N) is 3. The molecule has 0 unspecified atom stereocenters. The number of hydrogen-bond donors (Lipinski definition) is 3. The fourth-order valence-corrected chi connectivity index (χ4v) is 2.51. The molecule has 2 amide bonds. The number of amides is 2. The summed E-state index contributed by atoms with van der Waals surface area (Å²) in [7, 11) is 0. The van der Waals surface area contributed by atoms with Crippen LogP contribution in [0.15, 0.2) is 42.5 Å². The highest BCUT2D eigenvalue weighted by atomic mass is 16.5. The molecule has 0 aromatic heterocycles. The van der Waals surface area contributed by atoms with Gasteiger partial charge < -0.3 is 15.4 Å². The zero-order valence-electron chi connectivity index (χ0n) is 15.6. The molecule has 0 bridgehead atoms. The van der Waals surface area contributed by atoms with Crippen molar-refractivity contribution in [2.75, 3.05) is 29.1 Å². The van der Waals surface area contributed by atoms with Gasteiger partial charge in [-0.15, -0.1) is 0 Å². The summed E-state index contributed by atoms with van der Waals surface area (Å²) in [5.74, 6) is -0.403. The molecule has 0 saturated carbocycles. The van der Waals surface area contributed by atoms with Crippen molar-refractivity contribution in [1.29, 1.82) is 0 Å². The van der Waals surface area contributed by atoms with Gasteiger partial charge in [-0.25, -0.2) is 4.79 Å².